The maximum Gasteiger partial charge on any atom is 0.335 e. The van der Waals surface area contributed by atoms with Gasteiger partial charge in [0.1, 0.15) is 5.60 Å². The summed E-state index contributed by atoms with van der Waals surface area (Å²) in [6.45, 7) is 14.1. The molecule has 0 bridgehead atoms. The lowest BCUT2D eigenvalue weighted by atomic mass is 10.1. The van der Waals surface area contributed by atoms with Crippen LogP contribution in [0.15, 0.2) is 24.3 Å². The molecular formula is C33H56O13. The fraction of sp³-hybridized carbons (Fsp3) is 0.758. The monoisotopic (exact) mass is 660 g/mol. The smallest absolute Gasteiger partial charge is 0.335 e. The van der Waals surface area contributed by atoms with Crippen molar-refractivity contribution in [3.8, 4) is 0 Å². The van der Waals surface area contributed by atoms with Crippen LogP contribution in [0.25, 0.3) is 0 Å². The van der Waals surface area contributed by atoms with Crippen LogP contribution in [-0.4, -0.2) is 142 Å². The van der Waals surface area contributed by atoms with Gasteiger partial charge in [0.15, 0.2) is 0 Å². The first-order valence-corrected chi connectivity index (χ1v) is 16.0. The molecule has 13 heteroatoms. The average Bonchev–Trinajstić information content (AvgIpc) is 3.01. The maximum atomic E-state index is 11.6. The standard InChI is InChI=1S/C33H56O13/c1-33(2,3)46-31(34)9-11-38-13-15-40-17-19-42-21-23-44-25-27-45-26-24-43-22-20-41-18-16-39-14-12-37-10-5-7-29-6-4-8-30(28-29)32(35)36/h4,6,8,28H,5,7,9-27H2,1-3H3,(H,35,36). The van der Waals surface area contributed by atoms with Crippen molar-refractivity contribution in [2.24, 2.45) is 0 Å². The number of esters is 1. The lowest BCUT2D eigenvalue weighted by molar-refractivity contribution is -0.156. The lowest BCUT2D eigenvalue weighted by Gasteiger charge is -2.19. The van der Waals surface area contributed by atoms with Gasteiger partial charge in [0.2, 0.25) is 0 Å². The van der Waals surface area contributed by atoms with E-state index in [0.29, 0.717) is 124 Å². The number of carbonyl (C=O) groups excluding carboxylic acids is 1. The third-order valence-electron chi connectivity index (χ3n) is 5.77. The normalized spacial score (nSPS) is 11.6. The third kappa shape index (κ3) is 28.1. The highest BCUT2D eigenvalue weighted by Gasteiger charge is 2.15. The Labute approximate surface area is 274 Å². The first-order chi connectivity index (χ1) is 22.3. The van der Waals surface area contributed by atoms with Crippen molar-refractivity contribution in [1.82, 2.24) is 0 Å². The van der Waals surface area contributed by atoms with Gasteiger partial charge in [-0.2, -0.15) is 0 Å². The fourth-order valence-electron chi connectivity index (χ4n) is 3.65. The Morgan fingerprint density at radius 3 is 1.30 bits per heavy atom. The quantitative estimate of drug-likeness (QED) is 0.0892. The van der Waals surface area contributed by atoms with Crippen LogP contribution < -0.4 is 0 Å². The Bertz CT molecular complexity index is 875. The van der Waals surface area contributed by atoms with E-state index >= 15 is 0 Å². The number of ether oxygens (including phenoxy) is 10. The van der Waals surface area contributed by atoms with Gasteiger partial charge in [0.25, 0.3) is 0 Å². The van der Waals surface area contributed by atoms with Gasteiger partial charge in [-0.05, 0) is 51.3 Å². The van der Waals surface area contributed by atoms with Gasteiger partial charge in [-0.1, -0.05) is 12.1 Å². The van der Waals surface area contributed by atoms with Crippen LogP contribution in [0.3, 0.4) is 0 Å². The molecule has 0 saturated carbocycles. The summed E-state index contributed by atoms with van der Waals surface area (Å²) in [7, 11) is 0. The Morgan fingerprint density at radius 1 is 0.565 bits per heavy atom. The lowest BCUT2D eigenvalue weighted by Crippen LogP contribution is -2.24. The van der Waals surface area contributed by atoms with Crippen LogP contribution in [0, 0.1) is 0 Å². The number of aryl methyl sites for hydroxylation is 1. The minimum Gasteiger partial charge on any atom is -0.478 e. The molecule has 0 aliphatic rings. The van der Waals surface area contributed by atoms with Gasteiger partial charge in [-0.15, -0.1) is 0 Å². The van der Waals surface area contributed by atoms with E-state index in [1.165, 1.54) is 0 Å². The highest BCUT2D eigenvalue weighted by atomic mass is 16.6. The minimum atomic E-state index is -0.913. The zero-order valence-corrected chi connectivity index (χ0v) is 28.0. The molecule has 0 radical (unpaired) electrons. The average molecular weight is 661 g/mol. The molecule has 0 fully saturated rings. The second-order valence-corrected chi connectivity index (χ2v) is 11.0. The molecule has 0 unspecified atom stereocenters. The van der Waals surface area contributed by atoms with Crippen LogP contribution in [0.2, 0.25) is 0 Å². The van der Waals surface area contributed by atoms with E-state index in [1.54, 1.807) is 18.2 Å². The summed E-state index contributed by atoms with van der Waals surface area (Å²) in [5.41, 5.74) is 0.821. The summed E-state index contributed by atoms with van der Waals surface area (Å²) < 4.78 is 54.3. The van der Waals surface area contributed by atoms with E-state index in [-0.39, 0.29) is 12.4 Å². The first-order valence-electron chi connectivity index (χ1n) is 16.0. The summed E-state index contributed by atoms with van der Waals surface area (Å²) >= 11 is 0. The van der Waals surface area contributed by atoms with E-state index in [0.717, 1.165) is 18.4 Å². The van der Waals surface area contributed by atoms with Gasteiger partial charge in [-0.25, -0.2) is 4.79 Å². The van der Waals surface area contributed by atoms with Crippen molar-refractivity contribution in [3.05, 3.63) is 35.4 Å². The largest absolute Gasteiger partial charge is 0.478 e. The Balaban J connectivity index is 1.69. The number of rotatable bonds is 32. The van der Waals surface area contributed by atoms with Crippen molar-refractivity contribution in [3.63, 3.8) is 0 Å². The number of carbonyl (C=O) groups is 2. The van der Waals surface area contributed by atoms with E-state index < -0.39 is 11.6 Å². The molecular weight excluding hydrogens is 604 g/mol. The van der Waals surface area contributed by atoms with Gasteiger partial charge >= 0.3 is 11.9 Å². The van der Waals surface area contributed by atoms with Gasteiger partial charge in [0, 0.05) is 6.61 Å². The fourth-order valence-corrected chi connectivity index (χ4v) is 3.65. The SMILES string of the molecule is CC(C)(C)OC(=O)CCOCCOCCOCCOCCOCCOCCOCCOCCOCCCc1cccc(C(=O)O)c1. The Hall–Kier alpha value is -2.20. The van der Waals surface area contributed by atoms with Crippen molar-refractivity contribution in [1.29, 1.82) is 0 Å². The highest BCUT2D eigenvalue weighted by Crippen LogP contribution is 2.09. The molecule has 0 aromatic heterocycles. The zero-order valence-electron chi connectivity index (χ0n) is 28.0. The number of aromatic carboxylic acids is 1. The van der Waals surface area contributed by atoms with Crippen LogP contribution in [0.5, 0.6) is 0 Å². The number of hydrogen-bond acceptors (Lipinski definition) is 12. The zero-order chi connectivity index (χ0) is 33.6. The Kier molecular flexibility index (Phi) is 26.3. The number of carboxylic acids is 1. The van der Waals surface area contributed by atoms with Gasteiger partial charge in [-0.3, -0.25) is 4.79 Å². The molecule has 0 aliphatic carbocycles. The van der Waals surface area contributed by atoms with Crippen molar-refractivity contribution in [2.75, 3.05) is 119 Å². The molecule has 1 N–H and O–H groups in total. The first kappa shape index (κ1) is 41.8. The van der Waals surface area contributed by atoms with Crippen molar-refractivity contribution < 1.29 is 62.1 Å². The van der Waals surface area contributed by atoms with Crippen LogP contribution in [0.4, 0.5) is 0 Å². The van der Waals surface area contributed by atoms with Crippen LogP contribution in [0.1, 0.15) is 49.5 Å². The third-order valence-corrected chi connectivity index (χ3v) is 5.77. The minimum absolute atomic E-state index is 0.228. The van der Waals surface area contributed by atoms with E-state index in [1.807, 2.05) is 26.8 Å². The predicted molar refractivity (Wildman–Crippen MR) is 170 cm³/mol. The molecule has 1 rings (SSSR count). The van der Waals surface area contributed by atoms with Crippen LogP contribution >= 0.6 is 0 Å². The van der Waals surface area contributed by atoms with E-state index in [2.05, 4.69) is 0 Å². The number of hydrogen-bond donors (Lipinski definition) is 1. The summed E-state index contributed by atoms with van der Waals surface area (Å²) in [6, 6.07) is 6.97. The second kappa shape index (κ2) is 29.0. The topological polar surface area (TPSA) is 147 Å². The predicted octanol–water partition coefficient (Wildman–Crippen LogP) is 3.20. The molecule has 0 spiro atoms. The van der Waals surface area contributed by atoms with E-state index in [9.17, 15) is 9.59 Å². The van der Waals surface area contributed by atoms with Crippen LogP contribution in [-0.2, 0) is 58.6 Å². The second-order valence-electron chi connectivity index (χ2n) is 11.0. The summed E-state index contributed by atoms with van der Waals surface area (Å²) in [5, 5.41) is 9.03. The van der Waals surface area contributed by atoms with Crippen molar-refractivity contribution in [2.45, 2.75) is 45.6 Å². The van der Waals surface area contributed by atoms with Crippen molar-refractivity contribution >= 4 is 11.9 Å². The molecule has 46 heavy (non-hydrogen) atoms. The Morgan fingerprint density at radius 2 is 0.935 bits per heavy atom. The van der Waals surface area contributed by atoms with Gasteiger partial charge in [0.05, 0.1) is 124 Å². The number of benzene rings is 1. The highest BCUT2D eigenvalue weighted by molar-refractivity contribution is 5.87. The van der Waals surface area contributed by atoms with E-state index in [4.69, 9.17) is 52.5 Å². The molecule has 0 atom stereocenters. The molecule has 0 aliphatic heterocycles. The molecule has 0 saturated heterocycles. The summed E-state index contributed by atoms with van der Waals surface area (Å²) in [4.78, 5) is 22.6. The van der Waals surface area contributed by atoms with Gasteiger partial charge < -0.3 is 52.5 Å². The molecule has 13 nitrogen and oxygen atoms in total. The maximum absolute atomic E-state index is 11.6. The molecule has 0 heterocycles. The number of carboxylic acid groups (broad SMARTS) is 1. The summed E-state index contributed by atoms with van der Waals surface area (Å²) in [6.07, 6.45) is 1.82. The molecule has 1 aromatic carbocycles. The molecule has 0 amide bonds. The summed E-state index contributed by atoms with van der Waals surface area (Å²) in [5.74, 6) is -1.18. The molecule has 1 aromatic rings. The molecule has 266 valence electrons.